The van der Waals surface area contributed by atoms with Crippen LogP contribution in [0.3, 0.4) is 0 Å². The van der Waals surface area contributed by atoms with Crippen molar-refractivity contribution in [3.63, 3.8) is 0 Å². The number of benzene rings is 5. The third-order valence-electron chi connectivity index (χ3n) is 9.27. The predicted octanol–water partition coefficient (Wildman–Crippen LogP) is 8.87. The van der Waals surface area contributed by atoms with E-state index in [2.05, 4.69) is 10.3 Å². The Morgan fingerprint density at radius 1 is 0.797 bits per heavy atom. The highest BCUT2D eigenvalue weighted by Crippen LogP contribution is 2.32. The number of hydrogen-bond donors (Lipinski definition) is 1. The third kappa shape index (κ3) is 11.1. The van der Waals surface area contributed by atoms with Gasteiger partial charge < -0.3 is 28.5 Å². The molecule has 1 N–H and O–H groups in total. The number of ether oxygens (including phenoxy) is 4. The van der Waals surface area contributed by atoms with E-state index < -0.39 is 17.3 Å². The van der Waals surface area contributed by atoms with Crippen molar-refractivity contribution in [2.45, 2.75) is 32.4 Å². The lowest BCUT2D eigenvalue weighted by Crippen LogP contribution is -2.12. The van der Waals surface area contributed by atoms with Crippen molar-refractivity contribution in [1.82, 2.24) is 15.0 Å². The molecule has 12 heteroatoms. The summed E-state index contributed by atoms with van der Waals surface area (Å²) in [7, 11) is 0. The molecule has 0 spiro atoms. The first-order valence-electron chi connectivity index (χ1n) is 19.3. The summed E-state index contributed by atoms with van der Waals surface area (Å²) in [6.07, 6.45) is 7.37. The zero-order valence-electron chi connectivity index (χ0n) is 32.2. The highest BCUT2D eigenvalue weighted by Gasteiger charge is 2.18. The Balaban J connectivity index is 0.785. The number of hydrogen-bond acceptors (Lipinski definition) is 10. The Morgan fingerprint density at radius 2 is 1.54 bits per heavy atom. The van der Waals surface area contributed by atoms with E-state index in [1.54, 1.807) is 29.0 Å². The molecule has 59 heavy (non-hydrogen) atoms. The number of phenols is 1. The molecule has 0 aliphatic carbocycles. The maximum atomic E-state index is 13.5. The lowest BCUT2D eigenvalue weighted by Gasteiger charge is -2.12. The van der Waals surface area contributed by atoms with Crippen molar-refractivity contribution in [1.29, 1.82) is 0 Å². The van der Waals surface area contributed by atoms with Crippen molar-refractivity contribution in [3.8, 4) is 34.3 Å². The summed E-state index contributed by atoms with van der Waals surface area (Å²) < 4.78 is 44.7. The lowest BCUT2D eigenvalue weighted by atomic mass is 10.1. The summed E-state index contributed by atoms with van der Waals surface area (Å²) >= 11 is 0. The van der Waals surface area contributed by atoms with E-state index in [4.69, 9.17) is 23.4 Å². The summed E-state index contributed by atoms with van der Waals surface area (Å²) in [6, 6.07) is 34.7. The van der Waals surface area contributed by atoms with Gasteiger partial charge in [-0.15, -0.1) is 5.10 Å². The number of aromatic hydroxyl groups is 1. The third-order valence-corrected chi connectivity index (χ3v) is 9.27. The molecule has 0 unspecified atom stereocenters. The molecular weight excluding hydrogens is 754 g/mol. The molecular formula is C47H42FN3O8. The molecule has 0 atom stereocenters. The molecule has 0 fully saturated rings. The molecule has 300 valence electrons. The lowest BCUT2D eigenvalue weighted by molar-refractivity contribution is 0.0923. The number of carbonyl (C=O) groups is 1. The Labute approximate surface area is 339 Å². The van der Waals surface area contributed by atoms with Crippen LogP contribution in [0.25, 0.3) is 28.4 Å². The minimum absolute atomic E-state index is 0.0381. The van der Waals surface area contributed by atoms with Crippen LogP contribution in [-0.2, 0) is 24.3 Å². The van der Waals surface area contributed by atoms with Gasteiger partial charge in [0, 0.05) is 17.8 Å². The van der Waals surface area contributed by atoms with E-state index >= 15 is 0 Å². The van der Waals surface area contributed by atoms with Crippen LogP contribution in [0.15, 0.2) is 143 Å². The second kappa shape index (κ2) is 19.9. The minimum Gasteiger partial charge on any atom is -0.507 e. The van der Waals surface area contributed by atoms with E-state index in [1.807, 2.05) is 91.1 Å². The Bertz CT molecular complexity index is 2550. The monoisotopic (exact) mass is 795 g/mol. The molecule has 0 saturated carbocycles. The average Bonchev–Trinajstić information content (AvgIpc) is 3.72. The number of aryl methyl sites for hydroxylation is 1. The largest absolute Gasteiger partial charge is 0.507 e. The van der Waals surface area contributed by atoms with Crippen molar-refractivity contribution in [2.75, 3.05) is 26.4 Å². The number of phenolic OH excluding ortho intramolecular Hbond substituents is 1. The summed E-state index contributed by atoms with van der Waals surface area (Å²) in [5, 5.41) is 18.7. The first-order valence-corrected chi connectivity index (χ1v) is 19.3. The molecule has 0 aliphatic rings. The Hall–Kier alpha value is -7.05. The predicted molar refractivity (Wildman–Crippen MR) is 221 cm³/mol. The zero-order valence-corrected chi connectivity index (χ0v) is 32.2. The zero-order chi connectivity index (χ0) is 40.8. The number of allylic oxidation sites excluding steroid dienone is 1. The van der Waals surface area contributed by atoms with Crippen LogP contribution in [0.4, 0.5) is 4.39 Å². The first kappa shape index (κ1) is 40.2. The number of nitrogens with zero attached hydrogens (tertiary/aromatic N) is 3. The van der Waals surface area contributed by atoms with Gasteiger partial charge in [-0.3, -0.25) is 9.59 Å². The Kier molecular flexibility index (Phi) is 13.5. The molecule has 0 aliphatic heterocycles. The van der Waals surface area contributed by atoms with E-state index in [1.165, 1.54) is 12.1 Å². The molecule has 0 bridgehead atoms. The number of rotatable bonds is 20. The number of halogens is 1. The summed E-state index contributed by atoms with van der Waals surface area (Å²) in [4.78, 5) is 25.8. The van der Waals surface area contributed by atoms with Crippen LogP contribution in [0.5, 0.6) is 23.0 Å². The van der Waals surface area contributed by atoms with Crippen LogP contribution >= 0.6 is 0 Å². The van der Waals surface area contributed by atoms with E-state index in [9.17, 15) is 19.1 Å². The maximum Gasteiger partial charge on any atom is 0.235 e. The van der Waals surface area contributed by atoms with Gasteiger partial charge in [-0.2, -0.15) is 0 Å². The quantitative estimate of drug-likeness (QED) is 0.0453. The smallest absolute Gasteiger partial charge is 0.235 e. The van der Waals surface area contributed by atoms with Gasteiger partial charge in [0.15, 0.2) is 11.5 Å². The summed E-state index contributed by atoms with van der Waals surface area (Å²) in [5.74, 6) is 0.474. The molecule has 0 saturated heterocycles. The Morgan fingerprint density at radius 3 is 2.34 bits per heavy atom. The van der Waals surface area contributed by atoms with Gasteiger partial charge >= 0.3 is 0 Å². The van der Waals surface area contributed by atoms with Gasteiger partial charge in [-0.05, 0) is 97.1 Å². The molecule has 2 aromatic heterocycles. The van der Waals surface area contributed by atoms with E-state index in [-0.39, 0.29) is 23.3 Å². The maximum absolute atomic E-state index is 13.5. The minimum atomic E-state index is -0.608. The average molecular weight is 796 g/mol. The van der Waals surface area contributed by atoms with Gasteiger partial charge in [0.05, 0.1) is 43.0 Å². The molecule has 2 heterocycles. The van der Waals surface area contributed by atoms with Crippen LogP contribution in [-0.4, -0.2) is 52.3 Å². The van der Waals surface area contributed by atoms with Crippen LogP contribution in [0.1, 0.15) is 40.0 Å². The summed E-state index contributed by atoms with van der Waals surface area (Å²) in [5.41, 5.74) is 3.62. The molecule has 5 aromatic carbocycles. The normalized spacial score (nSPS) is 11.3. The standard InChI is InChI=1S/C47H42FN3O8/c48-36-18-23-40(43(53)30-36)42(52)24-15-33-13-19-38(20-14-33)56-26-7-6-10-37-31-51(50-49-37)25-27-55-28-29-57-39-21-16-35(17-22-39)46-47(58-32-34-8-2-1-3-9-34)45(54)41-11-4-5-12-44(41)59-46/h1-5,8-9,11-24,30-31,53H,6-7,10,25-29,32H2/b24-15+. The molecule has 11 nitrogen and oxygen atoms in total. The van der Waals surface area contributed by atoms with Crippen molar-refractivity contribution in [3.05, 3.63) is 172 Å². The van der Waals surface area contributed by atoms with E-state index in [0.717, 1.165) is 48.2 Å². The number of ketones is 1. The second-order valence-electron chi connectivity index (χ2n) is 13.6. The molecule has 0 radical (unpaired) electrons. The topological polar surface area (TPSA) is 135 Å². The fraction of sp³-hybridized carbons (Fsp3) is 0.191. The van der Waals surface area contributed by atoms with Gasteiger partial charge in [-0.1, -0.05) is 65.9 Å². The molecule has 7 rings (SSSR count). The number of para-hydroxylation sites is 1. The summed E-state index contributed by atoms with van der Waals surface area (Å²) in [6.45, 7) is 2.53. The van der Waals surface area contributed by atoms with Crippen LogP contribution < -0.4 is 19.6 Å². The molecule has 0 amide bonds. The fourth-order valence-corrected chi connectivity index (χ4v) is 6.17. The van der Waals surface area contributed by atoms with Crippen molar-refractivity contribution < 1.29 is 37.7 Å². The van der Waals surface area contributed by atoms with Crippen LogP contribution in [0.2, 0.25) is 0 Å². The first-order chi connectivity index (χ1) is 28.9. The van der Waals surface area contributed by atoms with E-state index in [0.29, 0.717) is 66.8 Å². The van der Waals surface area contributed by atoms with Gasteiger partial charge in [0.1, 0.15) is 41.9 Å². The highest BCUT2D eigenvalue weighted by atomic mass is 19.1. The van der Waals surface area contributed by atoms with Gasteiger partial charge in [0.2, 0.25) is 11.2 Å². The number of unbranched alkanes of at least 4 members (excludes halogenated alkanes) is 1. The van der Waals surface area contributed by atoms with Gasteiger partial charge in [0.25, 0.3) is 0 Å². The van der Waals surface area contributed by atoms with Crippen molar-refractivity contribution >= 4 is 22.8 Å². The number of carbonyl (C=O) groups excluding carboxylic acids is 1. The number of aromatic nitrogens is 3. The SMILES string of the molecule is O=C(/C=C/c1ccc(OCCCCc2cn(CCOCCOc3ccc(-c4oc5ccccc5c(=O)c4OCc4ccccc4)cc3)nn2)cc1)c1ccc(F)cc1O. The fourth-order valence-electron chi connectivity index (χ4n) is 6.17. The highest BCUT2D eigenvalue weighted by molar-refractivity contribution is 6.08. The van der Waals surface area contributed by atoms with Crippen LogP contribution in [0, 0.1) is 5.82 Å². The van der Waals surface area contributed by atoms with Crippen molar-refractivity contribution in [2.24, 2.45) is 0 Å². The van der Waals surface area contributed by atoms with Gasteiger partial charge in [-0.25, -0.2) is 9.07 Å². The molecule has 7 aromatic rings. The second-order valence-corrected chi connectivity index (χ2v) is 13.6. The number of fused-ring (bicyclic) bond motifs is 1.